The molecule has 0 aromatic rings. The molecule has 0 aliphatic heterocycles. The highest BCUT2D eigenvalue weighted by Gasteiger charge is 2.11. The van der Waals surface area contributed by atoms with Gasteiger partial charge in [-0.25, -0.2) is 0 Å². The number of ether oxygens (including phenoxy) is 1. The highest BCUT2D eigenvalue weighted by Crippen LogP contribution is 2.27. The lowest BCUT2D eigenvalue weighted by Gasteiger charge is -2.19. The molecule has 1 aliphatic carbocycles. The molecular weight excluding hydrogens is 224 g/mol. The lowest BCUT2D eigenvalue weighted by molar-refractivity contribution is -0.143. The topological polar surface area (TPSA) is 26.3 Å². The molecule has 0 fully saturated rings. The van der Waals surface area contributed by atoms with Gasteiger partial charge in [0.25, 0.3) is 0 Å². The summed E-state index contributed by atoms with van der Waals surface area (Å²) in [5.41, 5.74) is 2.90. The van der Waals surface area contributed by atoms with Gasteiger partial charge in [-0.1, -0.05) is 30.7 Å². The minimum absolute atomic E-state index is 0.0880. The fourth-order valence-electron chi connectivity index (χ4n) is 1.85. The number of esters is 1. The van der Waals surface area contributed by atoms with E-state index in [0.717, 1.165) is 12.3 Å². The number of carbonyl (C=O) groups excluding carboxylic acids is 1. The van der Waals surface area contributed by atoms with Crippen molar-refractivity contribution in [1.29, 1.82) is 0 Å². The Morgan fingerprint density at radius 1 is 1.50 bits per heavy atom. The molecule has 0 bridgehead atoms. The summed E-state index contributed by atoms with van der Waals surface area (Å²) in [6.45, 7) is 12.6. The van der Waals surface area contributed by atoms with E-state index in [4.69, 9.17) is 0 Å². The molecular formula is C16H28O2. The molecule has 0 spiro atoms. The molecule has 1 unspecified atom stereocenters. The summed E-state index contributed by atoms with van der Waals surface area (Å²) < 4.78 is 4.64. The Bertz CT molecular complexity index is 281. The number of hydrogen-bond acceptors (Lipinski definition) is 2. The number of hydrogen-bond donors (Lipinski definition) is 0. The Balaban J connectivity index is 0.000000331. The Labute approximate surface area is 112 Å². The second kappa shape index (κ2) is 9.93. The Morgan fingerprint density at radius 2 is 2.17 bits per heavy atom. The van der Waals surface area contributed by atoms with Crippen molar-refractivity contribution in [2.24, 2.45) is 5.92 Å². The third-order valence-corrected chi connectivity index (χ3v) is 3.09. The third-order valence-electron chi connectivity index (χ3n) is 3.09. The maximum Gasteiger partial charge on any atom is 0.305 e. The van der Waals surface area contributed by atoms with Crippen molar-refractivity contribution in [1.82, 2.24) is 0 Å². The molecule has 0 heterocycles. The number of allylic oxidation sites excluding steroid dienone is 3. The van der Waals surface area contributed by atoms with Gasteiger partial charge in [0.05, 0.1) is 6.61 Å². The smallest absolute Gasteiger partial charge is 0.305 e. The maximum atomic E-state index is 10.4. The van der Waals surface area contributed by atoms with Gasteiger partial charge in [0.1, 0.15) is 0 Å². The second-order valence-electron chi connectivity index (χ2n) is 4.92. The van der Waals surface area contributed by atoms with E-state index in [1.165, 1.54) is 24.8 Å². The monoisotopic (exact) mass is 252 g/mol. The van der Waals surface area contributed by atoms with Crippen LogP contribution in [0.3, 0.4) is 0 Å². The van der Waals surface area contributed by atoms with Crippen molar-refractivity contribution >= 4 is 5.97 Å². The van der Waals surface area contributed by atoms with Crippen molar-refractivity contribution in [3.63, 3.8) is 0 Å². The lowest BCUT2D eigenvalue weighted by Crippen LogP contribution is -2.04. The van der Waals surface area contributed by atoms with Crippen LogP contribution in [0, 0.1) is 5.92 Å². The summed E-state index contributed by atoms with van der Waals surface area (Å²) >= 11 is 0. The van der Waals surface area contributed by atoms with E-state index < -0.39 is 0 Å². The van der Waals surface area contributed by atoms with Crippen LogP contribution >= 0.6 is 0 Å². The largest absolute Gasteiger partial charge is 0.466 e. The molecule has 2 heteroatoms. The molecule has 0 saturated carbocycles. The summed E-state index contributed by atoms with van der Waals surface area (Å²) in [6, 6.07) is 0. The van der Waals surface area contributed by atoms with Crippen LogP contribution < -0.4 is 0 Å². The van der Waals surface area contributed by atoms with Gasteiger partial charge in [0.2, 0.25) is 0 Å². The average molecular weight is 252 g/mol. The predicted octanol–water partition coefficient (Wildman–Crippen LogP) is 4.66. The zero-order valence-corrected chi connectivity index (χ0v) is 12.4. The summed E-state index contributed by atoms with van der Waals surface area (Å²) in [5.74, 6) is 0.679. The molecule has 1 aliphatic rings. The lowest BCUT2D eigenvalue weighted by atomic mass is 9.86. The summed E-state index contributed by atoms with van der Waals surface area (Å²) in [4.78, 5) is 10.4. The molecule has 0 radical (unpaired) electrons. The summed E-state index contributed by atoms with van der Waals surface area (Å²) in [5, 5.41) is 0. The normalized spacial score (nSPS) is 18.2. The number of rotatable bonds is 4. The van der Waals surface area contributed by atoms with Gasteiger partial charge in [-0.2, -0.15) is 0 Å². The van der Waals surface area contributed by atoms with Gasteiger partial charge in [-0.05, 0) is 52.4 Å². The first-order valence-corrected chi connectivity index (χ1v) is 6.97. The third kappa shape index (κ3) is 8.10. The predicted molar refractivity (Wildman–Crippen MR) is 77.5 cm³/mol. The van der Waals surface area contributed by atoms with Crippen molar-refractivity contribution in [3.8, 4) is 0 Å². The molecule has 0 N–H and O–H groups in total. The van der Waals surface area contributed by atoms with Crippen molar-refractivity contribution in [3.05, 3.63) is 23.8 Å². The maximum absolute atomic E-state index is 10.4. The minimum Gasteiger partial charge on any atom is -0.466 e. The standard InChI is InChI=1S/C10H16.C6H12O2/c1-8(2)10-6-4-9(3)5-7-10;1-3-5-6(7)8-4-2/h4,10H,1,5-7H2,2-3H3;3-5H2,1-2H3. The van der Waals surface area contributed by atoms with Gasteiger partial charge in [-0.3, -0.25) is 4.79 Å². The van der Waals surface area contributed by atoms with Crippen molar-refractivity contribution in [2.75, 3.05) is 6.61 Å². The molecule has 0 aromatic heterocycles. The Kier molecular flexibility index (Phi) is 9.35. The quantitative estimate of drug-likeness (QED) is 0.537. The van der Waals surface area contributed by atoms with Crippen LogP contribution in [0.15, 0.2) is 23.8 Å². The van der Waals surface area contributed by atoms with E-state index in [-0.39, 0.29) is 5.97 Å². The highest BCUT2D eigenvalue weighted by atomic mass is 16.5. The molecule has 0 saturated heterocycles. The van der Waals surface area contributed by atoms with E-state index >= 15 is 0 Å². The molecule has 104 valence electrons. The van der Waals surface area contributed by atoms with Gasteiger partial charge in [0, 0.05) is 6.42 Å². The first-order chi connectivity index (χ1) is 8.51. The van der Waals surface area contributed by atoms with E-state index in [1.807, 2.05) is 13.8 Å². The average Bonchev–Trinajstić information content (AvgIpc) is 2.31. The van der Waals surface area contributed by atoms with E-state index in [2.05, 4.69) is 31.2 Å². The van der Waals surface area contributed by atoms with Crippen LogP contribution in [0.2, 0.25) is 0 Å². The van der Waals surface area contributed by atoms with Gasteiger partial charge < -0.3 is 4.74 Å². The van der Waals surface area contributed by atoms with Crippen LogP contribution in [0.25, 0.3) is 0 Å². The van der Waals surface area contributed by atoms with Gasteiger partial charge in [0.15, 0.2) is 0 Å². The van der Waals surface area contributed by atoms with Gasteiger partial charge >= 0.3 is 5.97 Å². The molecule has 2 nitrogen and oxygen atoms in total. The van der Waals surface area contributed by atoms with Gasteiger partial charge in [-0.15, -0.1) is 0 Å². The molecule has 1 atom stereocenters. The fourth-order valence-corrected chi connectivity index (χ4v) is 1.85. The van der Waals surface area contributed by atoms with E-state index in [1.54, 1.807) is 5.57 Å². The van der Waals surface area contributed by atoms with Crippen LogP contribution in [0.1, 0.15) is 59.8 Å². The van der Waals surface area contributed by atoms with Crippen LogP contribution in [0.5, 0.6) is 0 Å². The number of carbonyl (C=O) groups is 1. The zero-order chi connectivity index (χ0) is 14.0. The Morgan fingerprint density at radius 3 is 2.56 bits per heavy atom. The summed E-state index contributed by atoms with van der Waals surface area (Å²) in [6.07, 6.45) is 7.59. The SMILES string of the molecule is C=C(C)C1CC=C(C)CC1.CCCC(=O)OCC. The van der Waals surface area contributed by atoms with Crippen molar-refractivity contribution < 1.29 is 9.53 Å². The molecule has 18 heavy (non-hydrogen) atoms. The Hall–Kier alpha value is -1.05. The molecule has 0 aromatic carbocycles. The van der Waals surface area contributed by atoms with E-state index in [9.17, 15) is 4.79 Å². The molecule has 0 amide bonds. The van der Waals surface area contributed by atoms with Crippen molar-refractivity contribution in [2.45, 2.75) is 59.8 Å². The first-order valence-electron chi connectivity index (χ1n) is 6.97. The minimum atomic E-state index is -0.0880. The van der Waals surface area contributed by atoms with Crippen LogP contribution in [0.4, 0.5) is 0 Å². The van der Waals surface area contributed by atoms with E-state index in [0.29, 0.717) is 13.0 Å². The first kappa shape index (κ1) is 16.9. The van der Waals surface area contributed by atoms with Crippen LogP contribution in [-0.2, 0) is 9.53 Å². The second-order valence-corrected chi connectivity index (χ2v) is 4.92. The summed E-state index contributed by atoms with van der Waals surface area (Å²) in [7, 11) is 0. The zero-order valence-electron chi connectivity index (χ0n) is 12.4. The fraction of sp³-hybridized carbons (Fsp3) is 0.688. The molecule has 1 rings (SSSR count). The highest BCUT2D eigenvalue weighted by molar-refractivity contribution is 5.69. The van der Waals surface area contributed by atoms with Crippen LogP contribution in [-0.4, -0.2) is 12.6 Å².